The smallest absolute Gasteiger partial charge is 0.0215 e. The molecule has 0 heteroatoms. The van der Waals surface area contributed by atoms with E-state index in [0.29, 0.717) is 0 Å². The van der Waals surface area contributed by atoms with Crippen LogP contribution in [0.1, 0.15) is 173 Å². The lowest BCUT2D eigenvalue weighted by molar-refractivity contribution is 0.353. The normalized spacial score (nSPS) is 18.3. The second kappa shape index (κ2) is 21.0. The Morgan fingerprint density at radius 1 is 0.153 bits per heavy atom. The lowest BCUT2D eigenvalue weighted by Crippen LogP contribution is -2.28. The van der Waals surface area contributed by atoms with Crippen LogP contribution < -0.4 is 0 Å². The van der Waals surface area contributed by atoms with Gasteiger partial charge in [-0.2, -0.15) is 0 Å². The highest BCUT2D eigenvalue weighted by molar-refractivity contribution is 6.40. The summed E-state index contributed by atoms with van der Waals surface area (Å²) in [5, 5.41) is 13.3. The van der Waals surface area contributed by atoms with Gasteiger partial charge in [-0.15, -0.1) is 0 Å². The molecule has 472 valence electrons. The van der Waals surface area contributed by atoms with Crippen molar-refractivity contribution in [1.29, 1.82) is 0 Å². The van der Waals surface area contributed by atoms with Crippen LogP contribution >= 0.6 is 0 Å². The maximum atomic E-state index is 2.64. The predicted molar refractivity (Wildman–Crippen MR) is 413 cm³/mol. The molecule has 22 rings (SSSR count). The second-order valence-corrected chi connectivity index (χ2v) is 31.6. The maximum absolute atomic E-state index is 2.64. The number of hydrogen-bond donors (Lipinski definition) is 0. The summed E-state index contributed by atoms with van der Waals surface area (Å²) < 4.78 is 0. The summed E-state index contributed by atoms with van der Waals surface area (Å²) in [4.78, 5) is 0. The van der Waals surface area contributed by atoms with E-state index in [4.69, 9.17) is 0 Å². The van der Waals surface area contributed by atoms with Gasteiger partial charge in [0, 0.05) is 21.7 Å². The largest absolute Gasteiger partial charge is 0.0619 e. The van der Waals surface area contributed by atoms with E-state index in [1.54, 1.807) is 44.5 Å². The van der Waals surface area contributed by atoms with Crippen molar-refractivity contribution in [2.24, 2.45) is 0 Å². The average molecular weight is 1260 g/mol. The molecule has 0 heterocycles. The third-order valence-corrected chi connectivity index (χ3v) is 27.2. The van der Waals surface area contributed by atoms with E-state index in [0.717, 1.165) is 0 Å². The summed E-state index contributed by atoms with van der Waals surface area (Å²) in [7, 11) is 0. The first-order valence-corrected chi connectivity index (χ1v) is 37.8. The number of hydrogen-bond acceptors (Lipinski definition) is 0. The van der Waals surface area contributed by atoms with Crippen LogP contribution in [-0.2, 0) is 21.7 Å². The highest BCUT2D eigenvalue weighted by Gasteiger charge is 2.48. The first-order valence-electron chi connectivity index (χ1n) is 37.8. The number of rotatable bonds is 4. The van der Waals surface area contributed by atoms with E-state index < -0.39 is 0 Å². The molecule has 0 nitrogen and oxygen atoms in total. The van der Waals surface area contributed by atoms with Gasteiger partial charge in [-0.25, -0.2) is 0 Å². The Hall–Kier alpha value is -9.62. The fourth-order valence-corrected chi connectivity index (χ4v) is 22.8. The third kappa shape index (κ3) is 7.68. The van der Waals surface area contributed by atoms with Crippen molar-refractivity contribution in [1.82, 2.24) is 0 Å². The lowest BCUT2D eigenvalue weighted by atomic mass is 9.67. The van der Waals surface area contributed by atoms with Gasteiger partial charge in [-0.3, -0.25) is 0 Å². The van der Waals surface area contributed by atoms with Crippen molar-refractivity contribution >= 4 is 53.9 Å². The van der Waals surface area contributed by atoms with Crippen LogP contribution in [0.2, 0.25) is 0 Å². The first kappa shape index (κ1) is 56.4. The lowest BCUT2D eigenvalue weighted by Gasteiger charge is -2.36. The molecule has 0 N–H and O–H groups in total. The third-order valence-electron chi connectivity index (χ3n) is 27.2. The van der Waals surface area contributed by atoms with Crippen molar-refractivity contribution in [3.63, 3.8) is 0 Å². The quantitative estimate of drug-likeness (QED) is 0.154. The minimum Gasteiger partial charge on any atom is -0.0619 e. The van der Waals surface area contributed by atoms with Gasteiger partial charge in [0.1, 0.15) is 0 Å². The summed E-state index contributed by atoms with van der Waals surface area (Å²) >= 11 is 0. The molecule has 14 aromatic rings. The van der Waals surface area contributed by atoms with E-state index in [9.17, 15) is 0 Å². The Kier molecular flexibility index (Phi) is 12.1. The van der Waals surface area contributed by atoms with Gasteiger partial charge in [0.15, 0.2) is 0 Å². The van der Waals surface area contributed by atoms with E-state index in [1.165, 1.54) is 271 Å². The van der Waals surface area contributed by atoms with Crippen molar-refractivity contribution in [3.8, 4) is 89.0 Å². The molecule has 4 saturated carbocycles. The molecule has 0 amide bonds. The van der Waals surface area contributed by atoms with Gasteiger partial charge >= 0.3 is 0 Å². The summed E-state index contributed by atoms with van der Waals surface area (Å²) in [6.07, 6.45) is 25.3. The Balaban J connectivity index is 0.820. The summed E-state index contributed by atoms with van der Waals surface area (Å²) in [5.41, 5.74) is 34.6. The Morgan fingerprint density at radius 2 is 0.347 bits per heavy atom. The monoisotopic (exact) mass is 1260 g/mol. The maximum Gasteiger partial charge on any atom is 0.0215 e. The summed E-state index contributed by atoms with van der Waals surface area (Å²) in [5.74, 6) is 0. The zero-order valence-corrected chi connectivity index (χ0v) is 56.2. The molecule has 8 aliphatic rings. The van der Waals surface area contributed by atoms with Crippen LogP contribution in [0.4, 0.5) is 0 Å². The van der Waals surface area contributed by atoms with E-state index in [1.807, 2.05) is 0 Å². The molecule has 0 radical (unpaired) electrons. The van der Waals surface area contributed by atoms with E-state index in [-0.39, 0.29) is 21.7 Å². The van der Waals surface area contributed by atoms with E-state index >= 15 is 0 Å². The Morgan fingerprint density at radius 3 is 0.582 bits per heavy atom. The molecular weight excluding hydrogens is 1180 g/mol. The fraction of sp³-hybridized carbons (Fsp3) is 0.245. The van der Waals surface area contributed by atoms with Crippen molar-refractivity contribution in [3.05, 3.63) is 287 Å². The summed E-state index contributed by atoms with van der Waals surface area (Å²) in [6, 6.07) is 98.4. The minimum atomic E-state index is 0.0669. The van der Waals surface area contributed by atoms with Gasteiger partial charge in [0.05, 0.1) is 0 Å². The average Bonchev–Trinajstić information content (AvgIpc) is 1.15. The SMILES string of the molecule is c1ccc2c(c1)-c1ccc(-c3ccc4c5ccc(-c6ccc7c(c6)C6(CCCCC6)c6ccccc6-7)cc5c5c6cc(-c7ccc8c(c7)C7(CCCCC7)c7ccccc7-8)ccc6c6ccc(-c7ccc8c(c7)C7(CCCCC7)c7ccccc7-8)cc6c5c4c3)cc1C21CCCCC1. The van der Waals surface area contributed by atoms with Gasteiger partial charge in [0.2, 0.25) is 0 Å². The topological polar surface area (TPSA) is 0 Å². The molecule has 0 atom stereocenters. The zero-order chi connectivity index (χ0) is 64.1. The van der Waals surface area contributed by atoms with Crippen LogP contribution in [0.5, 0.6) is 0 Å². The molecule has 0 saturated heterocycles. The van der Waals surface area contributed by atoms with Gasteiger partial charge in [0.25, 0.3) is 0 Å². The van der Waals surface area contributed by atoms with Crippen LogP contribution in [0.25, 0.3) is 143 Å². The van der Waals surface area contributed by atoms with Gasteiger partial charge in [-0.05, 0) is 287 Å². The van der Waals surface area contributed by atoms with Crippen LogP contribution in [0.3, 0.4) is 0 Å². The van der Waals surface area contributed by atoms with E-state index in [2.05, 4.69) is 243 Å². The van der Waals surface area contributed by atoms with Gasteiger partial charge < -0.3 is 0 Å². The standard InChI is InChI=1S/C98H80/c1-13-45-95(46-14-1)85-25-9-5-21-73(85)77-41-33-65(57-89(77)95)61-29-37-69-70-38-30-63(67-35-43-79-75-23-7-11-27-87(75)97(91(79)59-67)49-17-3-18-50-97)55-83(70)94-84-56-64(68-36-44-80-76-24-8-12-28-88(76)98(92(80)60-68)51-19-4-20-52-98)32-40-72(84)71-39-31-62(54-82(71)93(94)81(69)53-61)66-34-42-78-74-22-6-10-26-86(74)96(90(78)58-66)47-15-2-16-48-96/h5-12,21-44,53-60H,1-4,13-20,45-52H2. The highest BCUT2D eigenvalue weighted by Crippen LogP contribution is 2.62. The number of fused-ring (bicyclic) bond motifs is 31. The molecule has 8 aliphatic carbocycles. The molecule has 0 aromatic heterocycles. The molecule has 4 fully saturated rings. The fourth-order valence-electron chi connectivity index (χ4n) is 22.8. The number of benzene rings is 14. The zero-order valence-electron chi connectivity index (χ0n) is 56.2. The van der Waals surface area contributed by atoms with Crippen LogP contribution in [-0.4, -0.2) is 0 Å². The van der Waals surface area contributed by atoms with Crippen molar-refractivity contribution < 1.29 is 0 Å². The van der Waals surface area contributed by atoms with Crippen molar-refractivity contribution in [2.75, 3.05) is 0 Å². The molecule has 0 bridgehead atoms. The highest BCUT2D eigenvalue weighted by atomic mass is 14.5. The molecule has 4 spiro atoms. The molecule has 0 aliphatic heterocycles. The second-order valence-electron chi connectivity index (χ2n) is 31.6. The molecule has 14 aromatic carbocycles. The van der Waals surface area contributed by atoms with Crippen LogP contribution in [0.15, 0.2) is 243 Å². The first-order chi connectivity index (χ1) is 48.5. The van der Waals surface area contributed by atoms with Crippen molar-refractivity contribution in [2.45, 2.75) is 150 Å². The molecular formula is C98H80. The summed E-state index contributed by atoms with van der Waals surface area (Å²) in [6.45, 7) is 0. The molecule has 98 heavy (non-hydrogen) atoms. The predicted octanol–water partition coefficient (Wildman–Crippen LogP) is 27.0. The van der Waals surface area contributed by atoms with Crippen LogP contribution in [0, 0.1) is 0 Å². The Bertz CT molecular complexity index is 5070. The van der Waals surface area contributed by atoms with Gasteiger partial charge in [-0.1, -0.05) is 271 Å². The molecule has 0 unspecified atom stereocenters. The minimum absolute atomic E-state index is 0.0669. The Labute approximate surface area is 576 Å².